The van der Waals surface area contributed by atoms with E-state index in [1.54, 1.807) is 6.20 Å². The first-order chi connectivity index (χ1) is 14.2. The van der Waals surface area contributed by atoms with Gasteiger partial charge in [-0.05, 0) is 30.5 Å². The average Bonchev–Trinajstić information content (AvgIpc) is 2.96. The molecule has 0 radical (unpaired) electrons. The molecule has 1 atom stereocenters. The van der Waals surface area contributed by atoms with Crippen LogP contribution in [0.4, 0.5) is 5.82 Å². The highest BCUT2D eigenvalue weighted by Gasteiger charge is 2.35. The molecule has 0 N–H and O–H groups in total. The third-order valence-electron chi connectivity index (χ3n) is 5.86. The van der Waals surface area contributed by atoms with E-state index in [4.69, 9.17) is 0 Å². The summed E-state index contributed by atoms with van der Waals surface area (Å²) in [6.45, 7) is 3.37. The van der Waals surface area contributed by atoms with Crippen LogP contribution in [0.5, 0.6) is 0 Å². The first-order valence-electron chi connectivity index (χ1n) is 10.5. The van der Waals surface area contributed by atoms with Gasteiger partial charge in [-0.3, -0.25) is 9.59 Å². The molecular formula is C23H28N4O2. The maximum absolute atomic E-state index is 13.4. The quantitative estimate of drug-likeness (QED) is 0.803. The number of nitrogens with zero attached hydrogens (tertiary/aromatic N) is 4. The third-order valence-corrected chi connectivity index (χ3v) is 5.86. The molecule has 4 rings (SSSR count). The second kappa shape index (κ2) is 9.07. The van der Waals surface area contributed by atoms with Gasteiger partial charge >= 0.3 is 0 Å². The molecule has 6 heteroatoms. The Hall–Kier alpha value is -2.89. The van der Waals surface area contributed by atoms with Gasteiger partial charge in [-0.1, -0.05) is 42.8 Å². The van der Waals surface area contributed by atoms with Crippen molar-refractivity contribution >= 4 is 17.6 Å². The summed E-state index contributed by atoms with van der Waals surface area (Å²) in [7, 11) is 0. The van der Waals surface area contributed by atoms with Crippen molar-refractivity contribution in [1.82, 2.24) is 14.8 Å². The minimum absolute atomic E-state index is 0.0943. The number of benzene rings is 1. The van der Waals surface area contributed by atoms with Crippen molar-refractivity contribution in [3.8, 4) is 0 Å². The summed E-state index contributed by atoms with van der Waals surface area (Å²) in [6, 6.07) is 15.5. The molecule has 2 fully saturated rings. The van der Waals surface area contributed by atoms with Gasteiger partial charge < -0.3 is 14.7 Å². The molecule has 0 saturated carbocycles. The van der Waals surface area contributed by atoms with Crippen LogP contribution in [-0.4, -0.2) is 58.8 Å². The Bertz CT molecular complexity index is 819. The molecular weight excluding hydrogens is 364 g/mol. The number of pyridine rings is 1. The number of carbonyl (C=O) groups is 2. The second-order valence-electron chi connectivity index (χ2n) is 7.77. The van der Waals surface area contributed by atoms with Crippen LogP contribution in [0.2, 0.25) is 0 Å². The van der Waals surface area contributed by atoms with Crippen LogP contribution in [0.15, 0.2) is 54.7 Å². The predicted molar refractivity (Wildman–Crippen MR) is 112 cm³/mol. The van der Waals surface area contributed by atoms with Crippen molar-refractivity contribution in [2.45, 2.75) is 38.3 Å². The number of amides is 2. The Labute approximate surface area is 172 Å². The Morgan fingerprint density at radius 2 is 1.72 bits per heavy atom. The van der Waals surface area contributed by atoms with Gasteiger partial charge in [0.25, 0.3) is 0 Å². The maximum atomic E-state index is 13.4. The van der Waals surface area contributed by atoms with Crippen LogP contribution in [0.3, 0.4) is 0 Å². The lowest BCUT2D eigenvalue weighted by atomic mass is 10.1. The third kappa shape index (κ3) is 4.58. The number of rotatable bonds is 4. The van der Waals surface area contributed by atoms with Gasteiger partial charge in [0.15, 0.2) is 0 Å². The number of hydrogen-bond donors (Lipinski definition) is 0. The summed E-state index contributed by atoms with van der Waals surface area (Å²) in [4.78, 5) is 36.6. The zero-order chi connectivity index (χ0) is 20.1. The van der Waals surface area contributed by atoms with Crippen molar-refractivity contribution in [2.24, 2.45) is 0 Å². The van der Waals surface area contributed by atoms with Gasteiger partial charge in [0.2, 0.25) is 11.8 Å². The highest BCUT2D eigenvalue weighted by Crippen LogP contribution is 2.23. The van der Waals surface area contributed by atoms with E-state index in [9.17, 15) is 9.59 Å². The van der Waals surface area contributed by atoms with E-state index in [0.29, 0.717) is 26.1 Å². The van der Waals surface area contributed by atoms with Gasteiger partial charge in [-0.2, -0.15) is 0 Å². The molecule has 0 bridgehead atoms. The van der Waals surface area contributed by atoms with Crippen molar-refractivity contribution in [2.75, 3.05) is 31.1 Å². The summed E-state index contributed by atoms with van der Waals surface area (Å²) < 4.78 is 0. The van der Waals surface area contributed by atoms with E-state index in [2.05, 4.69) is 9.88 Å². The molecule has 2 aliphatic heterocycles. The van der Waals surface area contributed by atoms with Crippen molar-refractivity contribution in [3.05, 3.63) is 60.3 Å². The van der Waals surface area contributed by atoms with Crippen LogP contribution < -0.4 is 4.90 Å². The van der Waals surface area contributed by atoms with Crippen molar-refractivity contribution in [1.29, 1.82) is 0 Å². The van der Waals surface area contributed by atoms with Gasteiger partial charge in [-0.15, -0.1) is 0 Å². The predicted octanol–water partition coefficient (Wildman–Crippen LogP) is 2.70. The molecule has 2 saturated heterocycles. The van der Waals surface area contributed by atoms with Gasteiger partial charge in [-0.25, -0.2) is 4.98 Å². The first-order valence-corrected chi connectivity index (χ1v) is 10.5. The first kappa shape index (κ1) is 19.4. The fourth-order valence-corrected chi connectivity index (χ4v) is 4.23. The Kier molecular flexibility index (Phi) is 6.08. The van der Waals surface area contributed by atoms with Crippen molar-refractivity contribution in [3.63, 3.8) is 0 Å². The molecule has 6 nitrogen and oxygen atoms in total. The van der Waals surface area contributed by atoms with Crippen LogP contribution in [-0.2, 0) is 16.1 Å². The van der Waals surface area contributed by atoms with E-state index in [1.165, 1.54) is 0 Å². The lowest BCUT2D eigenvalue weighted by Crippen LogP contribution is -2.55. The van der Waals surface area contributed by atoms with Crippen LogP contribution in [0.25, 0.3) is 0 Å². The van der Waals surface area contributed by atoms with Gasteiger partial charge in [0.05, 0.1) is 0 Å². The zero-order valence-electron chi connectivity index (χ0n) is 16.7. The molecule has 1 unspecified atom stereocenters. The minimum atomic E-state index is -0.355. The van der Waals surface area contributed by atoms with E-state index < -0.39 is 0 Å². The molecule has 29 heavy (non-hydrogen) atoms. The van der Waals surface area contributed by atoms with E-state index >= 15 is 0 Å². The second-order valence-corrected chi connectivity index (χ2v) is 7.77. The molecule has 2 aliphatic rings. The number of likely N-dealkylation sites (tertiary alicyclic amines) is 1. The van der Waals surface area contributed by atoms with Crippen molar-refractivity contribution < 1.29 is 9.59 Å². The van der Waals surface area contributed by atoms with E-state index in [1.807, 2.05) is 58.3 Å². The highest BCUT2D eigenvalue weighted by molar-refractivity contribution is 5.88. The summed E-state index contributed by atoms with van der Waals surface area (Å²) in [5, 5.41) is 0. The summed E-state index contributed by atoms with van der Waals surface area (Å²) >= 11 is 0. The van der Waals surface area contributed by atoms with E-state index in [0.717, 1.165) is 43.7 Å². The normalized spacial score (nSPS) is 20.5. The number of aromatic nitrogens is 1. The molecule has 2 amide bonds. The Morgan fingerprint density at radius 3 is 2.45 bits per heavy atom. The monoisotopic (exact) mass is 392 g/mol. The largest absolute Gasteiger partial charge is 0.353 e. The molecule has 2 aromatic rings. The summed E-state index contributed by atoms with van der Waals surface area (Å²) in [6.07, 6.45) is 4.86. The molecule has 0 aliphatic carbocycles. The summed E-state index contributed by atoms with van der Waals surface area (Å²) in [5.74, 6) is 1.14. The smallest absolute Gasteiger partial charge is 0.245 e. The lowest BCUT2D eigenvalue weighted by Gasteiger charge is -2.39. The summed E-state index contributed by atoms with van der Waals surface area (Å²) in [5.41, 5.74) is 1.07. The standard InChI is InChI=1S/C23H28N4O2/c28-22-12-5-4-10-20(27(22)18-19-8-2-1-3-9-19)23(29)26-16-14-25(15-17-26)21-11-6-7-13-24-21/h1-3,6-9,11,13,20H,4-5,10,12,14-18H2. The fraction of sp³-hybridized carbons (Fsp3) is 0.435. The molecule has 152 valence electrons. The zero-order valence-corrected chi connectivity index (χ0v) is 16.7. The minimum Gasteiger partial charge on any atom is -0.353 e. The average molecular weight is 393 g/mol. The molecule has 1 aromatic heterocycles. The maximum Gasteiger partial charge on any atom is 0.245 e. The lowest BCUT2D eigenvalue weighted by molar-refractivity contribution is -0.146. The fourth-order valence-electron chi connectivity index (χ4n) is 4.23. The number of anilines is 1. The molecule has 3 heterocycles. The SMILES string of the molecule is O=C(C1CCCCC(=O)N1Cc1ccccc1)N1CCN(c2ccccn2)CC1. The molecule has 0 spiro atoms. The Morgan fingerprint density at radius 1 is 0.966 bits per heavy atom. The van der Waals surface area contributed by atoms with Crippen LogP contribution in [0, 0.1) is 0 Å². The van der Waals surface area contributed by atoms with Gasteiger partial charge in [0.1, 0.15) is 11.9 Å². The number of carbonyl (C=O) groups excluding carboxylic acids is 2. The van der Waals surface area contributed by atoms with E-state index in [-0.39, 0.29) is 17.9 Å². The number of hydrogen-bond acceptors (Lipinski definition) is 4. The van der Waals surface area contributed by atoms with Gasteiger partial charge in [0, 0.05) is 45.3 Å². The Balaban J connectivity index is 1.44. The topological polar surface area (TPSA) is 56.8 Å². The molecule has 1 aromatic carbocycles. The van der Waals surface area contributed by atoms with Crippen LogP contribution in [0.1, 0.15) is 31.2 Å². The van der Waals surface area contributed by atoms with Crippen LogP contribution >= 0.6 is 0 Å². The highest BCUT2D eigenvalue weighted by atomic mass is 16.2. The number of piperazine rings is 1.